The topological polar surface area (TPSA) is 86.8 Å². The van der Waals surface area contributed by atoms with Crippen molar-refractivity contribution in [3.8, 4) is 11.5 Å². The molecule has 1 aromatic carbocycles. The summed E-state index contributed by atoms with van der Waals surface area (Å²) in [5.74, 6) is 1.61. The number of aryl methyl sites for hydroxylation is 2. The van der Waals surface area contributed by atoms with Crippen molar-refractivity contribution in [1.29, 1.82) is 0 Å². The third kappa shape index (κ3) is 7.09. The largest absolute Gasteiger partial charge is 1.00 e. The van der Waals surface area contributed by atoms with Gasteiger partial charge in [-0.25, -0.2) is 0 Å². The average molecular weight is 382 g/mol. The third-order valence-corrected chi connectivity index (χ3v) is 4.80. The molecule has 2 rings (SSSR count). The Kier molecular flexibility index (Phi) is 10.3. The number of tetrazole rings is 1. The van der Waals surface area contributed by atoms with Gasteiger partial charge in [0, 0.05) is 5.41 Å². The molecule has 0 aliphatic rings. The summed E-state index contributed by atoms with van der Waals surface area (Å²) < 4.78 is 5.91. The zero-order valence-corrected chi connectivity index (χ0v) is 19.5. The number of hydrogen-bond donors (Lipinski definition) is 1. The maximum Gasteiger partial charge on any atom is 1.00 e. The molecule has 0 unspecified atom stereocenters. The normalized spacial score (nSPS) is 11.3. The minimum atomic E-state index is -0.0736. The summed E-state index contributed by atoms with van der Waals surface area (Å²) in [7, 11) is 0. The van der Waals surface area contributed by atoms with E-state index in [1.54, 1.807) is 6.07 Å². The van der Waals surface area contributed by atoms with Gasteiger partial charge in [0.05, 0.1) is 6.61 Å². The fourth-order valence-electron chi connectivity index (χ4n) is 3.12. The van der Waals surface area contributed by atoms with Crippen LogP contribution in [0.4, 0.5) is 0 Å². The number of ether oxygens (including phenoxy) is 1. The van der Waals surface area contributed by atoms with Crippen molar-refractivity contribution in [2.75, 3.05) is 6.61 Å². The molecule has 0 spiro atoms. The molecule has 0 aliphatic heterocycles. The number of unbranched alkanes of at least 4 members (excludes halogenated alkanes) is 2. The van der Waals surface area contributed by atoms with Gasteiger partial charge in [0.25, 0.3) is 0 Å². The molecule has 0 radical (unpaired) electrons. The monoisotopic (exact) mass is 382 g/mol. The van der Waals surface area contributed by atoms with Crippen LogP contribution in [0.5, 0.6) is 11.5 Å². The van der Waals surface area contributed by atoms with Crippen LogP contribution in [0, 0.1) is 0 Å². The average Bonchev–Trinajstić information content (AvgIpc) is 3.15. The van der Waals surface area contributed by atoms with E-state index in [-0.39, 0.29) is 40.7 Å². The number of benzene rings is 1. The van der Waals surface area contributed by atoms with E-state index in [1.807, 2.05) is 6.07 Å². The molecule has 1 heterocycles. The molecule has 144 valence electrons. The van der Waals surface area contributed by atoms with Gasteiger partial charge in [-0.3, -0.25) is 0 Å². The van der Waals surface area contributed by atoms with Crippen LogP contribution in [0.1, 0.15) is 76.8 Å². The molecule has 0 aliphatic carbocycles. The maximum absolute atomic E-state index is 12.2. The van der Waals surface area contributed by atoms with E-state index < -0.39 is 0 Å². The maximum atomic E-state index is 12.2. The predicted octanol–water partition coefficient (Wildman–Crippen LogP) is 0.709. The number of aromatic amines is 1. The number of nitrogens with zero attached hydrogens (tertiary/aromatic N) is 3. The van der Waals surface area contributed by atoms with Crippen LogP contribution in [0.25, 0.3) is 0 Å². The van der Waals surface area contributed by atoms with Gasteiger partial charge in [0.2, 0.25) is 0 Å². The first-order valence-corrected chi connectivity index (χ1v) is 9.67. The fraction of sp³-hybridized carbons (Fsp3) is 0.650. The Hall–Kier alpha value is -1.11. The van der Waals surface area contributed by atoms with Crippen LogP contribution < -0.4 is 39.4 Å². The minimum absolute atomic E-state index is 0. The minimum Gasteiger partial charge on any atom is -0.872 e. The molecule has 1 N–H and O–H groups in total. The molecule has 27 heavy (non-hydrogen) atoms. The van der Waals surface area contributed by atoms with Crippen molar-refractivity contribution in [3.63, 3.8) is 0 Å². The summed E-state index contributed by atoms with van der Waals surface area (Å²) in [4.78, 5) is 0. The van der Waals surface area contributed by atoms with Gasteiger partial charge >= 0.3 is 29.6 Å². The van der Waals surface area contributed by atoms with Gasteiger partial charge in [-0.15, -0.1) is 15.9 Å². The van der Waals surface area contributed by atoms with E-state index in [2.05, 4.69) is 48.3 Å². The zero-order valence-electron chi connectivity index (χ0n) is 17.5. The molecule has 0 fully saturated rings. The van der Waals surface area contributed by atoms with Crippen molar-refractivity contribution in [1.82, 2.24) is 20.6 Å². The number of nitrogens with one attached hydrogen (secondary N) is 1. The van der Waals surface area contributed by atoms with Crippen LogP contribution in [0.2, 0.25) is 0 Å². The van der Waals surface area contributed by atoms with E-state index >= 15 is 0 Å². The molecule has 6 nitrogen and oxygen atoms in total. The van der Waals surface area contributed by atoms with E-state index in [9.17, 15) is 5.11 Å². The van der Waals surface area contributed by atoms with E-state index in [4.69, 9.17) is 4.74 Å². The fourth-order valence-corrected chi connectivity index (χ4v) is 3.12. The van der Waals surface area contributed by atoms with Gasteiger partial charge in [-0.05, 0) is 37.3 Å². The number of rotatable bonds is 11. The number of H-pyrrole nitrogens is 1. The predicted molar refractivity (Wildman–Crippen MR) is 100 cm³/mol. The van der Waals surface area contributed by atoms with Gasteiger partial charge in [-0.1, -0.05) is 63.8 Å². The summed E-state index contributed by atoms with van der Waals surface area (Å²) in [6.07, 6.45) is 6.82. The van der Waals surface area contributed by atoms with Gasteiger partial charge in [0.15, 0.2) is 5.82 Å². The van der Waals surface area contributed by atoms with Gasteiger partial charge in [-0.2, -0.15) is 5.21 Å². The Morgan fingerprint density at radius 1 is 1.11 bits per heavy atom. The molecule has 0 saturated carbocycles. The van der Waals surface area contributed by atoms with E-state index in [0.717, 1.165) is 67.6 Å². The molecule has 1 aromatic heterocycles. The van der Waals surface area contributed by atoms with Crippen molar-refractivity contribution in [2.24, 2.45) is 0 Å². The second-order valence-corrected chi connectivity index (χ2v) is 7.45. The number of hydrogen-bond acceptors (Lipinski definition) is 5. The molecule has 0 saturated heterocycles. The second kappa shape index (κ2) is 11.7. The van der Waals surface area contributed by atoms with Crippen LogP contribution in [-0.2, 0) is 18.3 Å². The first-order valence-electron chi connectivity index (χ1n) is 9.67. The molecule has 0 atom stereocenters. The van der Waals surface area contributed by atoms with E-state index in [0.29, 0.717) is 6.61 Å². The smallest absolute Gasteiger partial charge is 0.872 e. The zero-order chi connectivity index (χ0) is 19.0. The summed E-state index contributed by atoms with van der Waals surface area (Å²) in [6, 6.07) is 3.69. The SMILES string of the molecule is CCCc1cc(CC)c(OCCCCCC(C)(C)c2nn[nH]n2)cc1[O-].[Na+]. The first kappa shape index (κ1) is 23.9. The van der Waals surface area contributed by atoms with Crippen LogP contribution in [0.15, 0.2) is 12.1 Å². The number of aromatic nitrogens is 4. The Balaban J connectivity index is 0.00000364. The summed E-state index contributed by atoms with van der Waals surface area (Å²) in [5, 5.41) is 26.5. The standard InChI is InChI=1S/C20H32N4O2.Na/c1-5-10-16-13-15(6-2)18(14-17(16)25)26-12-9-7-8-11-20(3,4)19-21-23-24-22-19;/h13-14,25H,5-12H2,1-4H3,(H,21,22,23,24);/q;+1/p-1. The molecule has 2 aromatic rings. The van der Waals surface area contributed by atoms with Gasteiger partial charge in [0.1, 0.15) is 5.75 Å². The van der Waals surface area contributed by atoms with E-state index in [1.165, 1.54) is 0 Å². The van der Waals surface area contributed by atoms with Crippen molar-refractivity contribution < 1.29 is 39.4 Å². The Bertz CT molecular complexity index is 675. The Labute approximate surface area is 184 Å². The van der Waals surface area contributed by atoms with Gasteiger partial charge < -0.3 is 9.84 Å². The first-order chi connectivity index (χ1) is 12.5. The summed E-state index contributed by atoms with van der Waals surface area (Å²) >= 11 is 0. The van der Waals surface area contributed by atoms with Crippen LogP contribution in [0.3, 0.4) is 0 Å². The van der Waals surface area contributed by atoms with Crippen molar-refractivity contribution in [3.05, 3.63) is 29.1 Å². The quantitative estimate of drug-likeness (QED) is 0.457. The second-order valence-electron chi connectivity index (χ2n) is 7.45. The molecule has 7 heteroatoms. The summed E-state index contributed by atoms with van der Waals surface area (Å²) in [6.45, 7) is 9.10. The molecular formula is C20H31N4NaO2. The summed E-state index contributed by atoms with van der Waals surface area (Å²) in [5.41, 5.74) is 1.96. The van der Waals surface area contributed by atoms with Crippen LogP contribution >= 0.6 is 0 Å². The van der Waals surface area contributed by atoms with Crippen LogP contribution in [-0.4, -0.2) is 27.2 Å². The molecule has 0 amide bonds. The Morgan fingerprint density at radius 2 is 1.89 bits per heavy atom. The van der Waals surface area contributed by atoms with Crippen molar-refractivity contribution >= 4 is 0 Å². The Morgan fingerprint density at radius 3 is 2.52 bits per heavy atom. The third-order valence-electron chi connectivity index (χ3n) is 4.80. The van der Waals surface area contributed by atoms with Crippen molar-refractivity contribution in [2.45, 2.75) is 78.1 Å². The molecular weight excluding hydrogens is 351 g/mol. The molecule has 0 bridgehead atoms.